The molecular weight excluding hydrogens is 186 g/mol. The molecule has 3 nitrogen and oxygen atoms in total. The van der Waals surface area contributed by atoms with E-state index in [9.17, 15) is 0 Å². The summed E-state index contributed by atoms with van der Waals surface area (Å²) >= 11 is 0. The number of aromatic nitrogens is 1. The highest BCUT2D eigenvalue weighted by Gasteiger charge is 2.20. The Morgan fingerprint density at radius 3 is 2.73 bits per heavy atom. The molecule has 0 bridgehead atoms. The Morgan fingerprint density at radius 2 is 2.13 bits per heavy atom. The van der Waals surface area contributed by atoms with E-state index >= 15 is 0 Å². The van der Waals surface area contributed by atoms with Crippen molar-refractivity contribution in [1.82, 2.24) is 10.3 Å². The molecule has 0 spiro atoms. The van der Waals surface area contributed by atoms with Crippen LogP contribution in [0.2, 0.25) is 0 Å². The highest BCUT2D eigenvalue weighted by Crippen LogP contribution is 2.20. The van der Waals surface area contributed by atoms with Gasteiger partial charge in [0.1, 0.15) is 0 Å². The molecule has 1 saturated carbocycles. The summed E-state index contributed by atoms with van der Waals surface area (Å²) in [5.41, 5.74) is 7.16. The molecule has 1 aliphatic carbocycles. The van der Waals surface area contributed by atoms with Gasteiger partial charge in [0.2, 0.25) is 0 Å². The van der Waals surface area contributed by atoms with Crippen molar-refractivity contribution in [2.45, 2.75) is 50.7 Å². The van der Waals surface area contributed by atoms with Crippen LogP contribution in [0.3, 0.4) is 0 Å². The smallest absolute Gasteiger partial charge is 0.0446 e. The monoisotopic (exact) mass is 207 g/mol. The van der Waals surface area contributed by atoms with Crippen LogP contribution in [0.25, 0.3) is 0 Å². The average Bonchev–Trinajstić information content (AvgIpc) is 2.74. The minimum atomic E-state index is 0.416. The molecule has 4 N–H and O–H groups in total. The Kier molecular flexibility index (Phi) is 3.44. The molecule has 84 valence electrons. The normalized spacial score (nSPS) is 28.9. The van der Waals surface area contributed by atoms with Crippen LogP contribution in [0.15, 0.2) is 18.3 Å². The average molecular weight is 207 g/mol. The van der Waals surface area contributed by atoms with Crippen LogP contribution in [0.5, 0.6) is 0 Å². The van der Waals surface area contributed by atoms with Crippen molar-refractivity contribution in [3.05, 3.63) is 24.0 Å². The van der Waals surface area contributed by atoms with Gasteiger partial charge in [-0.1, -0.05) is 0 Å². The highest BCUT2D eigenvalue weighted by atomic mass is 15.0. The summed E-state index contributed by atoms with van der Waals surface area (Å²) in [6.45, 7) is 2.21. The molecule has 15 heavy (non-hydrogen) atoms. The van der Waals surface area contributed by atoms with Crippen molar-refractivity contribution in [2.75, 3.05) is 0 Å². The lowest BCUT2D eigenvalue weighted by Crippen LogP contribution is -2.38. The summed E-state index contributed by atoms with van der Waals surface area (Å²) in [5, 5.41) is 3.65. The fourth-order valence-corrected chi connectivity index (χ4v) is 2.34. The van der Waals surface area contributed by atoms with Gasteiger partial charge in [-0.2, -0.15) is 0 Å². The Hall–Kier alpha value is -0.800. The first kappa shape index (κ1) is 10.7. The Bertz CT molecular complexity index is 273. The lowest BCUT2D eigenvalue weighted by Gasteiger charge is -2.29. The van der Waals surface area contributed by atoms with Crippen molar-refractivity contribution in [3.63, 3.8) is 0 Å². The van der Waals surface area contributed by atoms with E-state index < -0.39 is 0 Å². The van der Waals surface area contributed by atoms with Gasteiger partial charge in [-0.25, -0.2) is 0 Å². The van der Waals surface area contributed by atoms with Crippen molar-refractivity contribution < 1.29 is 0 Å². The van der Waals surface area contributed by atoms with Gasteiger partial charge in [0.15, 0.2) is 0 Å². The molecule has 1 aromatic heterocycles. The summed E-state index contributed by atoms with van der Waals surface area (Å²) < 4.78 is 0. The number of aromatic amines is 1. The second kappa shape index (κ2) is 4.81. The predicted octanol–water partition coefficient (Wildman–Crippen LogP) is 1.94. The molecular formula is C12H21N3. The van der Waals surface area contributed by atoms with E-state index in [2.05, 4.69) is 23.3 Å². The molecule has 0 radical (unpaired) electrons. The molecule has 0 aromatic carbocycles. The maximum atomic E-state index is 5.89. The van der Waals surface area contributed by atoms with Crippen molar-refractivity contribution in [2.24, 2.45) is 5.73 Å². The molecule has 1 heterocycles. The summed E-state index contributed by atoms with van der Waals surface area (Å²) in [6.07, 6.45) is 6.73. The number of nitrogens with two attached hydrogens (primary N) is 1. The predicted molar refractivity (Wildman–Crippen MR) is 62.6 cm³/mol. The maximum absolute atomic E-state index is 5.89. The van der Waals surface area contributed by atoms with Crippen LogP contribution in [0.1, 0.15) is 44.3 Å². The van der Waals surface area contributed by atoms with Gasteiger partial charge in [0.05, 0.1) is 0 Å². The molecule has 1 unspecified atom stereocenters. The zero-order valence-electron chi connectivity index (χ0n) is 9.37. The van der Waals surface area contributed by atoms with E-state index in [4.69, 9.17) is 5.73 Å². The Balaban J connectivity index is 1.82. The van der Waals surface area contributed by atoms with Crippen molar-refractivity contribution in [1.29, 1.82) is 0 Å². The minimum absolute atomic E-state index is 0.416. The summed E-state index contributed by atoms with van der Waals surface area (Å²) in [6, 6.07) is 5.67. The highest BCUT2D eigenvalue weighted by molar-refractivity contribution is 5.08. The minimum Gasteiger partial charge on any atom is -0.364 e. The molecule has 2 rings (SSSR count). The second-order valence-corrected chi connectivity index (χ2v) is 4.63. The SMILES string of the molecule is CC(NC1CCC(N)CC1)c1ccc[nH]1. The van der Waals surface area contributed by atoms with Gasteiger partial charge in [0.25, 0.3) is 0 Å². The fraction of sp³-hybridized carbons (Fsp3) is 0.667. The van der Waals surface area contributed by atoms with Crippen molar-refractivity contribution >= 4 is 0 Å². The molecule has 0 saturated heterocycles. The van der Waals surface area contributed by atoms with Crippen LogP contribution < -0.4 is 11.1 Å². The van der Waals surface area contributed by atoms with E-state index in [1.165, 1.54) is 18.5 Å². The maximum Gasteiger partial charge on any atom is 0.0446 e. The van der Waals surface area contributed by atoms with Crippen molar-refractivity contribution in [3.8, 4) is 0 Å². The van der Waals surface area contributed by atoms with E-state index in [1.807, 2.05) is 12.3 Å². The van der Waals surface area contributed by atoms with Crippen LogP contribution >= 0.6 is 0 Å². The third kappa shape index (κ3) is 2.83. The molecule has 1 aliphatic rings. The van der Waals surface area contributed by atoms with Crippen LogP contribution in [0, 0.1) is 0 Å². The topological polar surface area (TPSA) is 53.8 Å². The Morgan fingerprint density at radius 1 is 1.40 bits per heavy atom. The zero-order chi connectivity index (χ0) is 10.7. The van der Waals surface area contributed by atoms with Gasteiger partial charge in [-0.15, -0.1) is 0 Å². The molecule has 1 fully saturated rings. The molecule has 1 atom stereocenters. The third-order valence-corrected chi connectivity index (χ3v) is 3.35. The number of rotatable bonds is 3. The lowest BCUT2D eigenvalue weighted by molar-refractivity contribution is 0.320. The van der Waals surface area contributed by atoms with Gasteiger partial charge in [-0.3, -0.25) is 0 Å². The standard InChI is InChI=1S/C12H21N3/c1-9(12-3-2-8-14-12)15-11-6-4-10(13)5-7-11/h2-3,8-11,14-15H,4-7,13H2,1H3. The number of nitrogens with one attached hydrogen (secondary N) is 2. The molecule has 1 aromatic rings. The largest absolute Gasteiger partial charge is 0.364 e. The number of hydrogen-bond donors (Lipinski definition) is 3. The van der Waals surface area contributed by atoms with Gasteiger partial charge >= 0.3 is 0 Å². The van der Waals surface area contributed by atoms with E-state index in [0.717, 1.165) is 12.8 Å². The van der Waals surface area contributed by atoms with Gasteiger partial charge in [0, 0.05) is 30.0 Å². The first-order valence-corrected chi connectivity index (χ1v) is 5.90. The summed E-state index contributed by atoms with van der Waals surface area (Å²) in [7, 11) is 0. The number of H-pyrrole nitrogens is 1. The first-order valence-electron chi connectivity index (χ1n) is 5.90. The number of hydrogen-bond acceptors (Lipinski definition) is 2. The van der Waals surface area contributed by atoms with E-state index in [-0.39, 0.29) is 0 Å². The molecule has 3 heteroatoms. The van der Waals surface area contributed by atoms with Crippen LogP contribution in [-0.4, -0.2) is 17.1 Å². The second-order valence-electron chi connectivity index (χ2n) is 4.63. The lowest BCUT2D eigenvalue weighted by atomic mass is 9.91. The fourth-order valence-electron chi connectivity index (χ4n) is 2.34. The molecule has 0 aliphatic heterocycles. The summed E-state index contributed by atoms with van der Waals surface area (Å²) in [4.78, 5) is 3.25. The van der Waals surface area contributed by atoms with Gasteiger partial charge < -0.3 is 16.0 Å². The van der Waals surface area contributed by atoms with Gasteiger partial charge in [-0.05, 0) is 44.7 Å². The summed E-state index contributed by atoms with van der Waals surface area (Å²) in [5.74, 6) is 0. The Labute approximate surface area is 91.4 Å². The zero-order valence-corrected chi connectivity index (χ0v) is 9.37. The first-order chi connectivity index (χ1) is 7.25. The van der Waals surface area contributed by atoms with Crippen LogP contribution in [-0.2, 0) is 0 Å². The third-order valence-electron chi connectivity index (χ3n) is 3.35. The quantitative estimate of drug-likeness (QED) is 0.709. The van der Waals surface area contributed by atoms with E-state index in [1.54, 1.807) is 0 Å². The van der Waals surface area contributed by atoms with E-state index in [0.29, 0.717) is 18.1 Å². The van der Waals surface area contributed by atoms with Crippen LogP contribution in [0.4, 0.5) is 0 Å². The molecule has 0 amide bonds.